The lowest BCUT2D eigenvalue weighted by atomic mass is 10.2. The zero-order valence-electron chi connectivity index (χ0n) is 10.5. The highest BCUT2D eigenvalue weighted by atomic mass is 16.5. The van der Waals surface area contributed by atoms with Crippen LogP contribution in [0.25, 0.3) is 0 Å². The smallest absolute Gasteiger partial charge is 0.208 e. The Bertz CT molecular complexity index is 278. The topological polar surface area (TPSA) is 47.3 Å². The van der Waals surface area contributed by atoms with Gasteiger partial charge in [0.05, 0.1) is 12.2 Å². The summed E-state index contributed by atoms with van der Waals surface area (Å²) in [5.41, 5.74) is 0.983. The molecule has 0 aliphatic heterocycles. The second-order valence-corrected chi connectivity index (χ2v) is 3.98. The van der Waals surface area contributed by atoms with Crippen LogP contribution in [-0.4, -0.2) is 25.2 Å². The summed E-state index contributed by atoms with van der Waals surface area (Å²) in [6, 6.07) is 0. The van der Waals surface area contributed by atoms with E-state index in [-0.39, 0.29) is 0 Å². The lowest BCUT2D eigenvalue weighted by molar-refractivity contribution is 0.192. The number of aromatic nitrogens is 1. The number of hydrogen-bond acceptors (Lipinski definition) is 4. The maximum atomic E-state index is 5.47. The molecule has 0 amide bonds. The molecule has 0 aliphatic carbocycles. The fourth-order valence-electron chi connectivity index (χ4n) is 1.48. The average molecular weight is 226 g/mol. The molecule has 0 atom stereocenters. The van der Waals surface area contributed by atoms with Crippen LogP contribution in [-0.2, 0) is 11.3 Å². The number of oxazole rings is 1. The third-order valence-corrected chi connectivity index (χ3v) is 2.55. The van der Waals surface area contributed by atoms with Crippen molar-refractivity contribution in [3.8, 4) is 0 Å². The minimum atomic E-state index is 0.721. The number of rotatable bonds is 8. The number of unbranched alkanes of at least 4 members (excludes halogenated alkanes) is 2. The van der Waals surface area contributed by atoms with Gasteiger partial charge in [-0.25, -0.2) is 4.98 Å². The van der Waals surface area contributed by atoms with Crippen molar-refractivity contribution in [3.63, 3.8) is 0 Å². The lowest BCUT2D eigenvalue weighted by Crippen LogP contribution is -2.15. The molecule has 0 unspecified atom stereocenters. The molecule has 1 aromatic heterocycles. The summed E-state index contributed by atoms with van der Waals surface area (Å²) in [6.07, 6.45) is 3.50. The Morgan fingerprint density at radius 2 is 2.06 bits per heavy atom. The number of nitrogens with one attached hydrogen (secondary N) is 1. The number of hydrogen-bond donors (Lipinski definition) is 1. The van der Waals surface area contributed by atoms with Gasteiger partial charge in [-0.1, -0.05) is 0 Å². The van der Waals surface area contributed by atoms with Crippen LogP contribution in [0.1, 0.15) is 36.6 Å². The zero-order valence-corrected chi connectivity index (χ0v) is 10.5. The molecule has 0 radical (unpaired) electrons. The summed E-state index contributed by atoms with van der Waals surface area (Å²) in [5.74, 6) is 1.70. The fourth-order valence-corrected chi connectivity index (χ4v) is 1.48. The molecule has 1 rings (SSSR count). The van der Waals surface area contributed by atoms with Gasteiger partial charge in [0.2, 0.25) is 5.89 Å². The molecule has 0 aromatic carbocycles. The molecule has 0 aliphatic rings. The van der Waals surface area contributed by atoms with Gasteiger partial charge in [-0.2, -0.15) is 0 Å². The van der Waals surface area contributed by atoms with Crippen molar-refractivity contribution in [1.82, 2.24) is 10.3 Å². The normalized spacial score (nSPS) is 10.9. The molecular formula is C12H22N2O2. The minimum absolute atomic E-state index is 0.721. The average Bonchev–Trinajstić information content (AvgIpc) is 2.57. The Hall–Kier alpha value is -0.870. The fraction of sp³-hybridized carbons (Fsp3) is 0.750. The summed E-state index contributed by atoms with van der Waals surface area (Å²) in [6.45, 7) is 6.49. The molecule has 1 aromatic rings. The molecular weight excluding hydrogens is 204 g/mol. The standard InChI is InChI=1S/C12H22N2O2/c1-10-11(2)16-12(14-10)9-13-7-5-4-6-8-15-3/h13H,4-9H2,1-3H3. The predicted molar refractivity (Wildman–Crippen MR) is 63.4 cm³/mol. The SMILES string of the molecule is COCCCCCNCc1nc(C)c(C)o1. The molecule has 1 N–H and O–H groups in total. The zero-order chi connectivity index (χ0) is 11.8. The molecule has 0 saturated heterocycles. The number of methoxy groups -OCH3 is 1. The van der Waals surface area contributed by atoms with E-state index >= 15 is 0 Å². The van der Waals surface area contributed by atoms with Gasteiger partial charge in [0.25, 0.3) is 0 Å². The highest BCUT2D eigenvalue weighted by molar-refractivity contribution is 5.04. The van der Waals surface area contributed by atoms with Gasteiger partial charge in [0, 0.05) is 13.7 Å². The second kappa shape index (κ2) is 7.41. The molecule has 0 spiro atoms. The Labute approximate surface area is 97.4 Å². The molecule has 92 valence electrons. The molecule has 0 bridgehead atoms. The van der Waals surface area contributed by atoms with E-state index < -0.39 is 0 Å². The van der Waals surface area contributed by atoms with Crippen LogP contribution in [0.15, 0.2) is 4.42 Å². The number of aryl methyl sites for hydroxylation is 2. The summed E-state index contributed by atoms with van der Waals surface area (Å²) < 4.78 is 10.5. The van der Waals surface area contributed by atoms with E-state index in [2.05, 4.69) is 10.3 Å². The molecule has 4 heteroatoms. The van der Waals surface area contributed by atoms with Gasteiger partial charge < -0.3 is 14.5 Å². The van der Waals surface area contributed by atoms with Crippen LogP contribution in [0.5, 0.6) is 0 Å². The van der Waals surface area contributed by atoms with E-state index in [1.807, 2.05) is 13.8 Å². The monoisotopic (exact) mass is 226 g/mol. The van der Waals surface area contributed by atoms with Crippen molar-refractivity contribution in [2.75, 3.05) is 20.3 Å². The molecule has 0 fully saturated rings. The largest absolute Gasteiger partial charge is 0.444 e. The van der Waals surface area contributed by atoms with Crippen molar-refractivity contribution in [2.45, 2.75) is 39.7 Å². The molecule has 16 heavy (non-hydrogen) atoms. The van der Waals surface area contributed by atoms with Crippen LogP contribution in [0.3, 0.4) is 0 Å². The van der Waals surface area contributed by atoms with Crippen molar-refractivity contribution >= 4 is 0 Å². The van der Waals surface area contributed by atoms with Crippen LogP contribution in [0.4, 0.5) is 0 Å². The van der Waals surface area contributed by atoms with Crippen molar-refractivity contribution < 1.29 is 9.15 Å². The summed E-state index contributed by atoms with van der Waals surface area (Å²) >= 11 is 0. The van der Waals surface area contributed by atoms with E-state index in [9.17, 15) is 0 Å². The van der Waals surface area contributed by atoms with E-state index in [4.69, 9.17) is 9.15 Å². The highest BCUT2D eigenvalue weighted by Gasteiger charge is 2.03. The highest BCUT2D eigenvalue weighted by Crippen LogP contribution is 2.07. The van der Waals surface area contributed by atoms with Gasteiger partial charge in [0.1, 0.15) is 5.76 Å². The minimum Gasteiger partial charge on any atom is -0.444 e. The van der Waals surface area contributed by atoms with Crippen LogP contribution in [0.2, 0.25) is 0 Å². The Morgan fingerprint density at radius 3 is 2.69 bits per heavy atom. The predicted octanol–water partition coefficient (Wildman–Crippen LogP) is 2.20. The maximum Gasteiger partial charge on any atom is 0.208 e. The number of nitrogens with zero attached hydrogens (tertiary/aromatic N) is 1. The first kappa shape index (κ1) is 13.2. The van der Waals surface area contributed by atoms with Crippen LogP contribution in [0, 0.1) is 13.8 Å². The van der Waals surface area contributed by atoms with Gasteiger partial charge >= 0.3 is 0 Å². The second-order valence-electron chi connectivity index (χ2n) is 3.98. The molecule has 4 nitrogen and oxygen atoms in total. The van der Waals surface area contributed by atoms with Crippen molar-refractivity contribution in [1.29, 1.82) is 0 Å². The van der Waals surface area contributed by atoms with E-state index in [0.717, 1.165) is 43.5 Å². The summed E-state index contributed by atoms with van der Waals surface area (Å²) in [4.78, 5) is 4.31. The molecule has 1 heterocycles. The summed E-state index contributed by atoms with van der Waals surface area (Å²) in [5, 5.41) is 3.32. The van der Waals surface area contributed by atoms with Gasteiger partial charge in [0.15, 0.2) is 0 Å². The third-order valence-electron chi connectivity index (χ3n) is 2.55. The van der Waals surface area contributed by atoms with Crippen LogP contribution < -0.4 is 5.32 Å². The summed E-state index contributed by atoms with van der Waals surface area (Å²) in [7, 11) is 1.74. The van der Waals surface area contributed by atoms with Crippen LogP contribution >= 0.6 is 0 Å². The van der Waals surface area contributed by atoms with Gasteiger partial charge in [-0.05, 0) is 39.7 Å². The Kier molecular flexibility index (Phi) is 6.11. The van der Waals surface area contributed by atoms with E-state index in [1.165, 1.54) is 12.8 Å². The maximum absolute atomic E-state index is 5.47. The third kappa shape index (κ3) is 4.77. The van der Waals surface area contributed by atoms with E-state index in [1.54, 1.807) is 7.11 Å². The Balaban J connectivity index is 2.03. The molecule has 0 saturated carbocycles. The van der Waals surface area contributed by atoms with Crippen molar-refractivity contribution in [2.24, 2.45) is 0 Å². The Morgan fingerprint density at radius 1 is 1.25 bits per heavy atom. The first-order valence-electron chi connectivity index (χ1n) is 5.86. The lowest BCUT2D eigenvalue weighted by Gasteiger charge is -2.01. The van der Waals surface area contributed by atoms with Crippen molar-refractivity contribution in [3.05, 3.63) is 17.3 Å². The van der Waals surface area contributed by atoms with Gasteiger partial charge in [-0.15, -0.1) is 0 Å². The first-order chi connectivity index (χ1) is 7.74. The van der Waals surface area contributed by atoms with E-state index in [0.29, 0.717) is 0 Å². The number of ether oxygens (including phenoxy) is 1. The van der Waals surface area contributed by atoms with Gasteiger partial charge in [-0.3, -0.25) is 0 Å². The first-order valence-corrected chi connectivity index (χ1v) is 5.86. The quantitative estimate of drug-likeness (QED) is 0.690.